The standard InChI is InChI=1S/2C7H12O2.C6H14O3.C5H8O2.3C3H4O2/c2*1-3-5-6-9-7(8)4-2;1-2-6(3-7,4-8)5-9;1-3-5(6)7-4-2;3*1-2-3(4)5/h2*4H,2-3,5-6H2,1H3;7-9H,2-5H2,1H3;3H,1,4H2,2H3;3*2H,1H2,(H,4,5). The number of aliphatic hydroxyl groups excluding tert-OH is 3. The van der Waals surface area contributed by atoms with Gasteiger partial charge in [0.15, 0.2) is 0 Å². The number of rotatable bonds is 17. The van der Waals surface area contributed by atoms with Gasteiger partial charge in [-0.1, -0.05) is 73.1 Å². The SMILES string of the molecule is C=CC(=O)O.C=CC(=O)O.C=CC(=O)O.C=CC(=O)OCC.C=CC(=O)OCCCC.C=CC(=O)OCCCC.CCC(CO)(CO)CO. The lowest BCUT2D eigenvalue weighted by molar-refractivity contribution is -0.138. The second kappa shape index (κ2) is 50.0. The molecule has 49 heavy (non-hydrogen) atoms. The molecule has 284 valence electrons. The maximum atomic E-state index is 10.3. The van der Waals surface area contributed by atoms with E-state index in [9.17, 15) is 28.8 Å². The Balaban J connectivity index is -0.0000000853. The number of aliphatic hydroxyl groups is 3. The van der Waals surface area contributed by atoms with Gasteiger partial charge in [0.05, 0.1) is 39.6 Å². The minimum atomic E-state index is -0.981. The summed E-state index contributed by atoms with van der Waals surface area (Å²) >= 11 is 0. The van der Waals surface area contributed by atoms with Crippen molar-refractivity contribution in [2.45, 2.75) is 59.8 Å². The molecule has 0 aliphatic heterocycles. The van der Waals surface area contributed by atoms with Crippen LogP contribution in [-0.2, 0) is 43.0 Å². The first-order chi connectivity index (χ1) is 23.0. The van der Waals surface area contributed by atoms with E-state index in [1.807, 2.05) is 20.8 Å². The van der Waals surface area contributed by atoms with Crippen LogP contribution in [-0.4, -0.2) is 106 Å². The summed E-state index contributed by atoms with van der Waals surface area (Å²) in [5.74, 6) is -3.96. The van der Waals surface area contributed by atoms with Gasteiger partial charge in [0.1, 0.15) is 0 Å². The number of carboxylic acid groups (broad SMARTS) is 3. The summed E-state index contributed by atoms with van der Waals surface area (Å²) in [5, 5.41) is 48.8. The fourth-order valence-electron chi connectivity index (χ4n) is 1.44. The number of carbonyl (C=O) groups excluding carboxylic acids is 3. The summed E-state index contributed by atoms with van der Waals surface area (Å²) in [6, 6.07) is 0. The third-order valence-electron chi connectivity index (χ3n) is 4.55. The van der Waals surface area contributed by atoms with Crippen molar-refractivity contribution in [2.75, 3.05) is 39.6 Å². The summed E-state index contributed by atoms with van der Waals surface area (Å²) in [6.07, 6.45) is 10.5. The van der Waals surface area contributed by atoms with Crippen molar-refractivity contribution in [3.05, 3.63) is 75.9 Å². The van der Waals surface area contributed by atoms with E-state index in [1.54, 1.807) is 6.92 Å². The lowest BCUT2D eigenvalue weighted by Crippen LogP contribution is -2.32. The van der Waals surface area contributed by atoms with Gasteiger partial charge < -0.3 is 44.8 Å². The highest BCUT2D eigenvalue weighted by atomic mass is 16.5. The summed E-state index contributed by atoms with van der Waals surface area (Å²) in [5.41, 5.74) is -0.667. The molecule has 0 rings (SSSR count). The van der Waals surface area contributed by atoms with Crippen LogP contribution >= 0.6 is 0 Å². The van der Waals surface area contributed by atoms with Crippen LogP contribution in [0, 0.1) is 5.41 Å². The molecule has 0 unspecified atom stereocenters. The molecule has 6 N–H and O–H groups in total. The number of hydrogen-bond acceptors (Lipinski definition) is 12. The van der Waals surface area contributed by atoms with Crippen LogP contribution in [0.25, 0.3) is 0 Å². The summed E-state index contributed by atoms with van der Waals surface area (Å²) in [7, 11) is 0. The molecule has 0 radical (unpaired) electrons. The molecule has 0 atom stereocenters. The molecule has 0 aromatic heterocycles. The first kappa shape index (κ1) is 59.6. The Morgan fingerprint density at radius 3 is 0.857 bits per heavy atom. The zero-order valence-electron chi connectivity index (χ0n) is 29.3. The van der Waals surface area contributed by atoms with Gasteiger partial charge in [-0.3, -0.25) is 0 Å². The number of esters is 3. The van der Waals surface area contributed by atoms with E-state index in [0.717, 1.165) is 50.0 Å². The monoisotopic (exact) mass is 706 g/mol. The zero-order chi connectivity index (χ0) is 40.1. The molecule has 0 aliphatic carbocycles. The lowest BCUT2D eigenvalue weighted by atomic mass is 9.88. The van der Waals surface area contributed by atoms with E-state index in [-0.39, 0.29) is 37.7 Å². The van der Waals surface area contributed by atoms with E-state index in [0.29, 0.717) is 26.2 Å². The number of unbranched alkanes of at least 4 members (excludes halogenated alkanes) is 2. The first-order valence-electron chi connectivity index (χ1n) is 14.7. The van der Waals surface area contributed by atoms with Crippen molar-refractivity contribution >= 4 is 35.8 Å². The molecule has 0 bridgehead atoms. The minimum absolute atomic E-state index is 0.156. The summed E-state index contributed by atoms with van der Waals surface area (Å²) in [6.45, 7) is 27.3. The maximum absolute atomic E-state index is 10.3. The maximum Gasteiger partial charge on any atom is 0.330 e. The van der Waals surface area contributed by atoms with Crippen LogP contribution < -0.4 is 0 Å². The second-order valence-electron chi connectivity index (χ2n) is 8.36. The summed E-state index contributed by atoms with van der Waals surface area (Å²) < 4.78 is 13.8. The number of carbonyl (C=O) groups is 6. The minimum Gasteiger partial charge on any atom is -0.478 e. The van der Waals surface area contributed by atoms with Crippen molar-refractivity contribution in [3.8, 4) is 0 Å². The smallest absolute Gasteiger partial charge is 0.330 e. The number of carboxylic acids is 3. The third kappa shape index (κ3) is 70.7. The van der Waals surface area contributed by atoms with Crippen molar-refractivity contribution in [1.29, 1.82) is 0 Å². The Morgan fingerprint density at radius 2 is 0.755 bits per heavy atom. The Morgan fingerprint density at radius 1 is 0.510 bits per heavy atom. The van der Waals surface area contributed by atoms with Crippen molar-refractivity contribution in [3.63, 3.8) is 0 Å². The highest BCUT2D eigenvalue weighted by molar-refractivity contribution is 5.82. The molecule has 0 heterocycles. The highest BCUT2D eigenvalue weighted by Crippen LogP contribution is 2.18. The van der Waals surface area contributed by atoms with Gasteiger partial charge in [-0.25, -0.2) is 28.8 Å². The van der Waals surface area contributed by atoms with Gasteiger partial charge in [-0.05, 0) is 26.2 Å². The van der Waals surface area contributed by atoms with Gasteiger partial charge >= 0.3 is 35.8 Å². The van der Waals surface area contributed by atoms with Gasteiger partial charge in [-0.15, -0.1) is 0 Å². The van der Waals surface area contributed by atoms with Crippen LogP contribution in [0.5, 0.6) is 0 Å². The largest absolute Gasteiger partial charge is 0.478 e. The lowest BCUT2D eigenvalue weighted by Gasteiger charge is -2.24. The molecule has 15 heteroatoms. The molecule has 0 aromatic rings. The van der Waals surface area contributed by atoms with E-state index in [2.05, 4.69) is 53.7 Å². The quantitative estimate of drug-likeness (QED) is 0.0543. The van der Waals surface area contributed by atoms with E-state index >= 15 is 0 Å². The van der Waals surface area contributed by atoms with Crippen LogP contribution in [0.1, 0.15) is 59.8 Å². The Kier molecular flexibility index (Phi) is 60.8. The molecule has 0 amide bonds. The van der Waals surface area contributed by atoms with Crippen LogP contribution in [0.4, 0.5) is 0 Å². The summed E-state index contributed by atoms with van der Waals surface area (Å²) in [4.78, 5) is 58.5. The Bertz CT molecular complexity index is 834. The molecule has 0 fully saturated rings. The molecular formula is C34H58O15. The second-order valence-corrected chi connectivity index (χ2v) is 8.36. The van der Waals surface area contributed by atoms with Crippen molar-refractivity contribution in [2.24, 2.45) is 5.41 Å². The van der Waals surface area contributed by atoms with Crippen LogP contribution in [0.15, 0.2) is 75.9 Å². The van der Waals surface area contributed by atoms with Crippen molar-refractivity contribution < 1.29 is 73.6 Å². The predicted molar refractivity (Wildman–Crippen MR) is 186 cm³/mol. The Hall–Kier alpha value is -4.86. The molecule has 15 nitrogen and oxygen atoms in total. The zero-order valence-corrected chi connectivity index (χ0v) is 29.3. The number of hydrogen-bond donors (Lipinski definition) is 6. The fourth-order valence-corrected chi connectivity index (χ4v) is 1.44. The highest BCUT2D eigenvalue weighted by Gasteiger charge is 2.24. The van der Waals surface area contributed by atoms with Crippen LogP contribution in [0.3, 0.4) is 0 Å². The van der Waals surface area contributed by atoms with E-state index in [4.69, 9.17) is 30.6 Å². The third-order valence-corrected chi connectivity index (χ3v) is 4.55. The Labute approximate surface area is 290 Å². The van der Waals surface area contributed by atoms with Crippen LogP contribution in [0.2, 0.25) is 0 Å². The molecular weight excluding hydrogens is 648 g/mol. The normalized spacial score (nSPS) is 8.39. The fraction of sp³-hybridized carbons (Fsp3) is 0.471. The first-order valence-corrected chi connectivity index (χ1v) is 14.7. The van der Waals surface area contributed by atoms with Gasteiger partial charge in [-0.2, -0.15) is 0 Å². The topological polar surface area (TPSA) is 251 Å². The van der Waals surface area contributed by atoms with Gasteiger partial charge in [0, 0.05) is 41.9 Å². The molecule has 0 saturated carbocycles. The van der Waals surface area contributed by atoms with Crippen molar-refractivity contribution in [1.82, 2.24) is 0 Å². The number of aliphatic carboxylic acids is 3. The van der Waals surface area contributed by atoms with E-state index in [1.165, 1.54) is 12.2 Å². The average molecular weight is 707 g/mol. The molecule has 0 aliphatic rings. The van der Waals surface area contributed by atoms with Gasteiger partial charge in [0.2, 0.25) is 0 Å². The van der Waals surface area contributed by atoms with Gasteiger partial charge in [0.25, 0.3) is 0 Å². The molecule has 0 saturated heterocycles. The number of ether oxygens (including phenoxy) is 3. The predicted octanol–water partition coefficient (Wildman–Crippen LogP) is 3.90. The molecule has 0 aromatic carbocycles. The average Bonchev–Trinajstić information content (AvgIpc) is 3.11. The molecule has 0 spiro atoms. The van der Waals surface area contributed by atoms with E-state index < -0.39 is 23.3 Å².